The summed E-state index contributed by atoms with van der Waals surface area (Å²) in [7, 11) is 0. The summed E-state index contributed by atoms with van der Waals surface area (Å²) in [6, 6.07) is 8.89. The van der Waals surface area contributed by atoms with Crippen molar-refractivity contribution in [2.75, 3.05) is 24.5 Å². The highest BCUT2D eigenvalue weighted by atomic mass is 35.5. The van der Waals surface area contributed by atoms with E-state index < -0.39 is 0 Å². The molecule has 1 aromatic carbocycles. The molecule has 2 amide bonds. The number of anilines is 1. The van der Waals surface area contributed by atoms with Crippen molar-refractivity contribution in [3.8, 4) is 11.1 Å². The Balaban J connectivity index is 1.36. The smallest absolute Gasteiger partial charge is 0.230 e. The highest BCUT2D eigenvalue weighted by Crippen LogP contribution is 2.58. The number of hydrogen-bond donors (Lipinski definition) is 1. The minimum Gasteiger partial charge on any atom is -0.365 e. The zero-order chi connectivity index (χ0) is 22.3. The first-order valence-corrected chi connectivity index (χ1v) is 12.8. The van der Waals surface area contributed by atoms with Crippen molar-refractivity contribution in [1.29, 1.82) is 0 Å². The molecule has 0 bridgehead atoms. The van der Waals surface area contributed by atoms with Gasteiger partial charge in [-0.3, -0.25) is 19.5 Å². The summed E-state index contributed by atoms with van der Waals surface area (Å²) in [5.41, 5.74) is 5.92. The molecule has 33 heavy (non-hydrogen) atoms. The van der Waals surface area contributed by atoms with Gasteiger partial charge in [0, 0.05) is 65.4 Å². The van der Waals surface area contributed by atoms with Crippen LogP contribution >= 0.6 is 22.9 Å². The van der Waals surface area contributed by atoms with Crippen LogP contribution in [0.2, 0.25) is 5.02 Å². The second-order valence-corrected chi connectivity index (χ2v) is 11.2. The lowest BCUT2D eigenvalue weighted by molar-refractivity contribution is -0.138. The Hall–Kier alpha value is -2.48. The summed E-state index contributed by atoms with van der Waals surface area (Å²) in [6.07, 6.45) is 3.73. The van der Waals surface area contributed by atoms with Gasteiger partial charge in [-0.2, -0.15) is 0 Å². The third-order valence-electron chi connectivity index (χ3n) is 7.57. The van der Waals surface area contributed by atoms with Gasteiger partial charge in [-0.15, -0.1) is 11.3 Å². The SMILES string of the molecule is O=C1CCC(=O)N1Cc1cc2nccc(-c3cc(Cl)cc4c3N(C3CNC3)CC3C[C@H]43)c2s1. The highest BCUT2D eigenvalue weighted by Gasteiger charge is 2.48. The molecule has 0 radical (unpaired) electrons. The van der Waals surface area contributed by atoms with Gasteiger partial charge in [0.15, 0.2) is 0 Å². The third kappa shape index (κ3) is 3.13. The number of rotatable bonds is 4. The number of pyridine rings is 1. The number of hydrogen-bond acceptors (Lipinski definition) is 6. The molecule has 8 heteroatoms. The molecule has 1 aliphatic carbocycles. The summed E-state index contributed by atoms with van der Waals surface area (Å²) in [5, 5.41) is 4.20. The predicted molar refractivity (Wildman–Crippen MR) is 130 cm³/mol. The number of aromatic nitrogens is 1. The monoisotopic (exact) mass is 478 g/mol. The Labute approximate surface area is 200 Å². The van der Waals surface area contributed by atoms with E-state index in [1.54, 1.807) is 11.3 Å². The number of nitrogens with zero attached hydrogens (tertiary/aromatic N) is 3. The van der Waals surface area contributed by atoms with Crippen LogP contribution in [0.4, 0.5) is 5.69 Å². The number of nitrogens with one attached hydrogen (secondary N) is 1. The Bertz CT molecular complexity index is 1320. The Kier molecular flexibility index (Phi) is 4.39. The standard InChI is InChI=1S/C25H23ClN4O2S/c26-14-6-19(24-20(7-14)18-5-13(18)11-29(24)15-9-27-10-15)17-3-4-28-21-8-16(33-25(17)21)12-30-22(31)1-2-23(30)32/h3-4,6-8,13,15,18,27H,1-2,5,9-12H2/t13?,18-/m0/s1. The van der Waals surface area contributed by atoms with Crippen LogP contribution in [0.5, 0.6) is 0 Å². The van der Waals surface area contributed by atoms with Gasteiger partial charge < -0.3 is 10.2 Å². The van der Waals surface area contributed by atoms with Crippen LogP contribution in [-0.4, -0.2) is 47.4 Å². The van der Waals surface area contributed by atoms with Crippen molar-refractivity contribution in [3.05, 3.63) is 45.9 Å². The Morgan fingerprint density at radius 1 is 1.12 bits per heavy atom. The van der Waals surface area contributed by atoms with Gasteiger partial charge in [0.25, 0.3) is 0 Å². The quantitative estimate of drug-likeness (QED) is 0.570. The number of likely N-dealkylation sites (tertiary alicyclic amines) is 1. The van der Waals surface area contributed by atoms with Gasteiger partial charge >= 0.3 is 0 Å². The molecule has 3 aromatic rings. The van der Waals surface area contributed by atoms with E-state index in [9.17, 15) is 9.59 Å². The molecular weight excluding hydrogens is 456 g/mol. The minimum absolute atomic E-state index is 0.0849. The average molecular weight is 479 g/mol. The number of halogens is 1. The molecule has 4 aliphatic rings. The molecule has 2 aromatic heterocycles. The number of fused-ring (bicyclic) bond motifs is 4. The van der Waals surface area contributed by atoms with Gasteiger partial charge in [-0.25, -0.2) is 0 Å². The van der Waals surface area contributed by atoms with Crippen molar-refractivity contribution >= 4 is 50.7 Å². The number of thiophene rings is 1. The van der Waals surface area contributed by atoms with Crippen molar-refractivity contribution in [1.82, 2.24) is 15.2 Å². The number of amides is 2. The summed E-state index contributed by atoms with van der Waals surface area (Å²) >= 11 is 8.29. The first-order chi connectivity index (χ1) is 16.1. The lowest BCUT2D eigenvalue weighted by Crippen LogP contribution is -2.58. The van der Waals surface area contributed by atoms with E-state index in [0.717, 1.165) is 51.2 Å². The zero-order valence-corrected chi connectivity index (χ0v) is 19.6. The van der Waals surface area contributed by atoms with Crippen LogP contribution in [0.25, 0.3) is 21.3 Å². The lowest BCUT2D eigenvalue weighted by Gasteiger charge is -2.44. The number of benzene rings is 1. The number of carbonyl (C=O) groups is 2. The van der Waals surface area contributed by atoms with Gasteiger partial charge in [-0.05, 0) is 48.1 Å². The third-order valence-corrected chi connectivity index (χ3v) is 8.93. The van der Waals surface area contributed by atoms with E-state index in [0.29, 0.717) is 31.3 Å². The first-order valence-electron chi connectivity index (χ1n) is 11.6. The minimum atomic E-state index is -0.0849. The van der Waals surface area contributed by atoms with E-state index in [-0.39, 0.29) is 11.8 Å². The fourth-order valence-corrected chi connectivity index (χ4v) is 7.02. The highest BCUT2D eigenvalue weighted by molar-refractivity contribution is 7.19. The van der Waals surface area contributed by atoms with Crippen LogP contribution in [0.3, 0.4) is 0 Å². The van der Waals surface area contributed by atoms with Gasteiger partial charge in [0.05, 0.1) is 22.8 Å². The van der Waals surface area contributed by atoms with Crippen LogP contribution in [0.15, 0.2) is 30.5 Å². The predicted octanol–water partition coefficient (Wildman–Crippen LogP) is 4.16. The second-order valence-electron chi connectivity index (χ2n) is 9.62. The van der Waals surface area contributed by atoms with Crippen LogP contribution in [-0.2, 0) is 16.1 Å². The van der Waals surface area contributed by atoms with E-state index >= 15 is 0 Å². The van der Waals surface area contributed by atoms with Gasteiger partial charge in [0.1, 0.15) is 0 Å². The maximum Gasteiger partial charge on any atom is 0.230 e. The molecule has 2 atom stereocenters. The lowest BCUT2D eigenvalue weighted by atomic mass is 9.91. The maximum atomic E-state index is 12.1. The molecule has 1 N–H and O–H groups in total. The van der Waals surface area contributed by atoms with Crippen molar-refractivity contribution in [2.45, 2.75) is 37.8 Å². The number of carbonyl (C=O) groups excluding carboxylic acids is 2. The maximum absolute atomic E-state index is 12.1. The molecule has 3 aliphatic heterocycles. The van der Waals surface area contributed by atoms with E-state index in [1.807, 2.05) is 12.3 Å². The Morgan fingerprint density at radius 3 is 2.70 bits per heavy atom. The van der Waals surface area contributed by atoms with Crippen molar-refractivity contribution in [2.24, 2.45) is 5.92 Å². The molecular formula is C25H23ClN4O2S. The van der Waals surface area contributed by atoms with E-state index in [2.05, 4.69) is 33.4 Å². The second kappa shape index (κ2) is 7.26. The molecule has 7 rings (SSSR count). The van der Waals surface area contributed by atoms with Gasteiger partial charge in [0.2, 0.25) is 11.8 Å². The summed E-state index contributed by atoms with van der Waals surface area (Å²) in [6.45, 7) is 3.48. The largest absolute Gasteiger partial charge is 0.365 e. The molecule has 3 fully saturated rings. The molecule has 6 nitrogen and oxygen atoms in total. The van der Waals surface area contributed by atoms with Gasteiger partial charge in [-0.1, -0.05) is 11.6 Å². The molecule has 168 valence electrons. The van der Waals surface area contributed by atoms with Crippen LogP contribution in [0.1, 0.15) is 35.6 Å². The van der Waals surface area contributed by atoms with Crippen molar-refractivity contribution in [3.63, 3.8) is 0 Å². The Morgan fingerprint density at radius 2 is 1.94 bits per heavy atom. The molecule has 2 saturated heterocycles. The van der Waals surface area contributed by atoms with E-state index in [1.165, 1.54) is 28.1 Å². The topological polar surface area (TPSA) is 65.5 Å². The summed E-state index contributed by atoms with van der Waals surface area (Å²) < 4.78 is 1.08. The number of imide groups is 1. The van der Waals surface area contributed by atoms with Crippen LogP contribution < -0.4 is 10.2 Å². The molecule has 1 unspecified atom stereocenters. The molecule has 5 heterocycles. The first kappa shape index (κ1) is 19.9. The summed E-state index contributed by atoms with van der Waals surface area (Å²) in [4.78, 5) is 33.8. The molecule has 0 spiro atoms. The fraction of sp³-hybridized carbons (Fsp3) is 0.400. The summed E-state index contributed by atoms with van der Waals surface area (Å²) in [5.74, 6) is 1.19. The zero-order valence-electron chi connectivity index (χ0n) is 18.0. The van der Waals surface area contributed by atoms with E-state index in [4.69, 9.17) is 11.6 Å². The fourth-order valence-electron chi connectivity index (χ4n) is 5.66. The molecule has 1 saturated carbocycles. The van der Waals surface area contributed by atoms with Crippen molar-refractivity contribution < 1.29 is 9.59 Å². The van der Waals surface area contributed by atoms with Crippen LogP contribution in [0, 0.1) is 5.92 Å². The average Bonchev–Trinajstić information content (AvgIpc) is 3.32. The normalized spacial score (nSPS) is 24.3.